The van der Waals surface area contributed by atoms with Gasteiger partial charge in [0.15, 0.2) is 0 Å². The molecule has 1 aromatic carbocycles. The molecule has 2 nitrogen and oxygen atoms in total. The summed E-state index contributed by atoms with van der Waals surface area (Å²) in [6, 6.07) is 7.65. The van der Waals surface area contributed by atoms with Crippen molar-refractivity contribution in [2.24, 2.45) is 0 Å². The number of fused-ring (bicyclic) bond motifs is 1. The normalized spacial score (nSPS) is 17.2. The number of hydrogen-bond acceptors (Lipinski definition) is 2. The predicted molar refractivity (Wildman–Crippen MR) is 79.6 cm³/mol. The highest BCUT2D eigenvalue weighted by molar-refractivity contribution is 5.85. The van der Waals surface area contributed by atoms with Gasteiger partial charge in [0.05, 0.1) is 0 Å². The molecular weight excluding hydrogens is 244 g/mol. The van der Waals surface area contributed by atoms with Gasteiger partial charge in [-0.25, -0.2) is 0 Å². The summed E-state index contributed by atoms with van der Waals surface area (Å²) in [6.45, 7) is 5.77. The van der Waals surface area contributed by atoms with Crippen LogP contribution in [0.1, 0.15) is 37.3 Å². The number of nitrogens with one attached hydrogen (secondary N) is 1. The van der Waals surface area contributed by atoms with E-state index in [2.05, 4.69) is 35.3 Å². The van der Waals surface area contributed by atoms with E-state index in [9.17, 15) is 0 Å². The quantitative estimate of drug-likeness (QED) is 0.878. The summed E-state index contributed by atoms with van der Waals surface area (Å²) in [5.74, 6) is 0. The molecule has 1 aliphatic carbocycles. The maximum atomic E-state index is 3.55. The summed E-state index contributed by atoms with van der Waals surface area (Å²) in [6.07, 6.45) is 5.27. The van der Waals surface area contributed by atoms with Crippen LogP contribution < -0.4 is 5.32 Å². The van der Waals surface area contributed by atoms with E-state index < -0.39 is 0 Å². The largest absolute Gasteiger partial charge is 0.384 e. The van der Waals surface area contributed by atoms with Gasteiger partial charge in [-0.15, -0.1) is 12.4 Å². The average Bonchev–Trinajstić information content (AvgIpc) is 3.07. The van der Waals surface area contributed by atoms with Gasteiger partial charge in [0.1, 0.15) is 0 Å². The minimum atomic E-state index is 0. The second kappa shape index (κ2) is 5.94. The van der Waals surface area contributed by atoms with E-state index in [4.69, 9.17) is 0 Å². The van der Waals surface area contributed by atoms with Crippen LogP contribution in [0, 0.1) is 0 Å². The smallest absolute Gasteiger partial charge is 0.0419 e. The average molecular weight is 267 g/mol. The van der Waals surface area contributed by atoms with Gasteiger partial charge >= 0.3 is 0 Å². The third-order valence-corrected chi connectivity index (χ3v) is 3.88. The van der Waals surface area contributed by atoms with Crippen molar-refractivity contribution in [2.45, 2.75) is 45.2 Å². The van der Waals surface area contributed by atoms with E-state index in [1.54, 1.807) is 0 Å². The molecular formula is C15H23ClN2. The Morgan fingerprint density at radius 2 is 2.17 bits per heavy atom. The fraction of sp³-hybridized carbons (Fsp3) is 0.600. The summed E-state index contributed by atoms with van der Waals surface area (Å²) in [5.41, 5.74) is 4.43. The van der Waals surface area contributed by atoms with E-state index in [0.29, 0.717) is 0 Å². The first kappa shape index (κ1) is 13.7. The van der Waals surface area contributed by atoms with Crippen LogP contribution in [0.4, 0.5) is 5.69 Å². The Bertz CT molecular complexity index is 401. The molecule has 0 saturated heterocycles. The first-order valence-corrected chi connectivity index (χ1v) is 6.97. The van der Waals surface area contributed by atoms with Gasteiger partial charge in [-0.2, -0.15) is 0 Å². The third kappa shape index (κ3) is 2.81. The Morgan fingerprint density at radius 3 is 2.89 bits per heavy atom. The zero-order valence-corrected chi connectivity index (χ0v) is 11.9. The third-order valence-electron chi connectivity index (χ3n) is 3.88. The van der Waals surface area contributed by atoms with Gasteiger partial charge in [-0.05, 0) is 43.4 Å². The van der Waals surface area contributed by atoms with Crippen LogP contribution in [-0.2, 0) is 13.0 Å². The van der Waals surface area contributed by atoms with Crippen molar-refractivity contribution >= 4 is 18.1 Å². The molecule has 0 unspecified atom stereocenters. The molecule has 0 radical (unpaired) electrons. The molecule has 1 aliphatic heterocycles. The second-order valence-electron chi connectivity index (χ2n) is 5.33. The lowest BCUT2D eigenvalue weighted by molar-refractivity contribution is 0.256. The summed E-state index contributed by atoms with van der Waals surface area (Å²) < 4.78 is 0. The summed E-state index contributed by atoms with van der Waals surface area (Å²) in [7, 11) is 0. The van der Waals surface area contributed by atoms with Gasteiger partial charge in [-0.1, -0.05) is 25.1 Å². The van der Waals surface area contributed by atoms with Crippen molar-refractivity contribution in [1.82, 2.24) is 4.90 Å². The minimum absolute atomic E-state index is 0. The molecule has 0 bridgehead atoms. The highest BCUT2D eigenvalue weighted by Gasteiger charge is 2.29. The summed E-state index contributed by atoms with van der Waals surface area (Å²) >= 11 is 0. The first-order chi connectivity index (χ1) is 8.38. The molecule has 0 amide bonds. The van der Waals surface area contributed by atoms with Crippen molar-refractivity contribution < 1.29 is 0 Å². The highest BCUT2D eigenvalue weighted by Crippen LogP contribution is 2.32. The molecule has 1 aromatic rings. The predicted octanol–water partition coefficient (Wildman–Crippen LogP) is 3.45. The number of nitrogens with zero attached hydrogens (tertiary/aromatic N) is 1. The molecule has 1 heterocycles. The van der Waals surface area contributed by atoms with Crippen LogP contribution in [0.15, 0.2) is 18.2 Å². The van der Waals surface area contributed by atoms with E-state index in [-0.39, 0.29) is 12.4 Å². The highest BCUT2D eigenvalue weighted by atomic mass is 35.5. The molecule has 0 spiro atoms. The second-order valence-corrected chi connectivity index (χ2v) is 5.33. The lowest BCUT2D eigenvalue weighted by Gasteiger charge is -2.22. The fourth-order valence-corrected chi connectivity index (χ4v) is 2.88. The van der Waals surface area contributed by atoms with Crippen LogP contribution in [-0.4, -0.2) is 24.0 Å². The molecule has 1 saturated carbocycles. The zero-order valence-electron chi connectivity index (χ0n) is 11.1. The molecule has 0 aromatic heterocycles. The van der Waals surface area contributed by atoms with Crippen molar-refractivity contribution in [3.8, 4) is 0 Å². The number of rotatable bonds is 5. The molecule has 3 heteroatoms. The Balaban J connectivity index is 0.00000120. The Hall–Kier alpha value is -0.730. The Labute approximate surface area is 116 Å². The minimum Gasteiger partial charge on any atom is -0.384 e. The van der Waals surface area contributed by atoms with E-state index >= 15 is 0 Å². The molecule has 1 fully saturated rings. The number of benzene rings is 1. The fourth-order valence-electron chi connectivity index (χ4n) is 2.88. The molecule has 3 rings (SSSR count). The number of hydrogen-bond donors (Lipinski definition) is 1. The van der Waals surface area contributed by atoms with E-state index in [0.717, 1.165) is 19.1 Å². The van der Waals surface area contributed by atoms with E-state index in [1.807, 2.05) is 0 Å². The number of para-hydroxylation sites is 1. The van der Waals surface area contributed by atoms with Gasteiger partial charge in [0.2, 0.25) is 0 Å². The lowest BCUT2D eigenvalue weighted by Crippen LogP contribution is -2.26. The maximum absolute atomic E-state index is 3.55. The molecule has 2 aliphatic rings. The molecule has 1 N–H and O–H groups in total. The number of halogens is 1. The summed E-state index contributed by atoms with van der Waals surface area (Å²) in [4.78, 5) is 2.66. The van der Waals surface area contributed by atoms with Gasteiger partial charge < -0.3 is 5.32 Å². The van der Waals surface area contributed by atoms with Crippen molar-refractivity contribution in [1.29, 1.82) is 0 Å². The van der Waals surface area contributed by atoms with Gasteiger partial charge in [0.25, 0.3) is 0 Å². The zero-order chi connectivity index (χ0) is 11.7. The standard InChI is InChI=1S/C15H22N2.ClH/c1-2-10-17(14-6-7-14)11-13-5-3-4-12-8-9-16-15(12)13;/h3-5,14,16H,2,6-11H2,1H3;1H. The summed E-state index contributed by atoms with van der Waals surface area (Å²) in [5, 5.41) is 3.55. The molecule has 100 valence electrons. The first-order valence-electron chi connectivity index (χ1n) is 6.97. The van der Waals surface area contributed by atoms with Crippen molar-refractivity contribution in [3.05, 3.63) is 29.3 Å². The maximum Gasteiger partial charge on any atom is 0.0419 e. The Kier molecular flexibility index (Phi) is 4.52. The van der Waals surface area contributed by atoms with Crippen molar-refractivity contribution in [2.75, 3.05) is 18.4 Å². The van der Waals surface area contributed by atoms with Crippen LogP contribution in [0.2, 0.25) is 0 Å². The van der Waals surface area contributed by atoms with Gasteiger partial charge in [-0.3, -0.25) is 4.90 Å². The van der Waals surface area contributed by atoms with Gasteiger partial charge in [0, 0.05) is 24.8 Å². The SMILES string of the molecule is CCCN(Cc1cccc2c1NCC2)C1CC1.Cl. The lowest BCUT2D eigenvalue weighted by atomic mass is 10.1. The molecule has 0 atom stereocenters. The van der Waals surface area contributed by atoms with Crippen LogP contribution in [0.5, 0.6) is 0 Å². The van der Waals surface area contributed by atoms with Crippen LogP contribution >= 0.6 is 12.4 Å². The van der Waals surface area contributed by atoms with Crippen LogP contribution in [0.25, 0.3) is 0 Å². The van der Waals surface area contributed by atoms with Crippen LogP contribution in [0.3, 0.4) is 0 Å². The van der Waals surface area contributed by atoms with Crippen molar-refractivity contribution in [3.63, 3.8) is 0 Å². The monoisotopic (exact) mass is 266 g/mol. The Morgan fingerprint density at radius 1 is 1.33 bits per heavy atom. The van der Waals surface area contributed by atoms with E-state index in [1.165, 1.54) is 49.0 Å². The number of anilines is 1. The topological polar surface area (TPSA) is 15.3 Å². The molecule has 18 heavy (non-hydrogen) atoms.